The van der Waals surface area contributed by atoms with E-state index in [1.54, 1.807) is 6.07 Å². The second-order valence-corrected chi connectivity index (χ2v) is 6.69. The van der Waals surface area contributed by atoms with Crippen LogP contribution in [0, 0.1) is 5.82 Å². The van der Waals surface area contributed by atoms with E-state index in [-0.39, 0.29) is 5.82 Å². The van der Waals surface area contributed by atoms with E-state index in [1.165, 1.54) is 6.07 Å². The normalized spacial score (nSPS) is 16.9. The molecule has 0 spiro atoms. The van der Waals surface area contributed by atoms with Crippen molar-refractivity contribution in [3.63, 3.8) is 0 Å². The van der Waals surface area contributed by atoms with Gasteiger partial charge >= 0.3 is 6.09 Å². The molecule has 0 bridgehead atoms. The molecular weight excluding hydrogens is 313 g/mol. The lowest BCUT2D eigenvalue weighted by Gasteiger charge is -2.23. The molecule has 1 fully saturated rings. The van der Waals surface area contributed by atoms with E-state index in [2.05, 4.69) is 21.2 Å². The summed E-state index contributed by atoms with van der Waals surface area (Å²) >= 11 is 3.12. The summed E-state index contributed by atoms with van der Waals surface area (Å²) in [4.78, 5) is 11.8. The van der Waals surface area contributed by atoms with Crippen molar-refractivity contribution >= 4 is 22.0 Å². The summed E-state index contributed by atoms with van der Waals surface area (Å²) in [6, 6.07) is 4.92. The zero-order chi connectivity index (χ0) is 14.3. The van der Waals surface area contributed by atoms with Crippen molar-refractivity contribution in [2.75, 3.05) is 0 Å². The number of halogens is 2. The molecule has 3 nitrogen and oxygen atoms in total. The zero-order valence-electron chi connectivity index (χ0n) is 11.2. The Morgan fingerprint density at radius 1 is 1.42 bits per heavy atom. The fraction of sp³-hybridized carbons (Fsp3) is 0.500. The molecule has 1 aliphatic rings. The Kier molecular flexibility index (Phi) is 3.60. The van der Waals surface area contributed by atoms with Crippen LogP contribution in [0.2, 0.25) is 0 Å². The minimum absolute atomic E-state index is 0.324. The molecule has 1 N–H and O–H groups in total. The lowest BCUT2D eigenvalue weighted by Crippen LogP contribution is -2.39. The zero-order valence-corrected chi connectivity index (χ0v) is 12.8. The number of ether oxygens (including phenoxy) is 1. The Balaban J connectivity index is 2.11. The highest BCUT2D eigenvalue weighted by Gasteiger charge is 2.46. The van der Waals surface area contributed by atoms with Gasteiger partial charge in [-0.3, -0.25) is 0 Å². The lowest BCUT2D eigenvalue weighted by atomic mass is 10.1. The number of hydrogen-bond acceptors (Lipinski definition) is 2. The molecule has 1 saturated carbocycles. The summed E-state index contributed by atoms with van der Waals surface area (Å²) < 4.78 is 19.2. The number of amides is 1. The Bertz CT molecular complexity index is 507. The number of nitrogens with one attached hydrogen (secondary N) is 1. The smallest absolute Gasteiger partial charge is 0.408 e. The van der Waals surface area contributed by atoms with Gasteiger partial charge in [0.15, 0.2) is 0 Å². The molecule has 1 aliphatic carbocycles. The largest absolute Gasteiger partial charge is 0.444 e. The minimum atomic E-state index is -0.537. The van der Waals surface area contributed by atoms with Gasteiger partial charge in [-0.1, -0.05) is 6.07 Å². The van der Waals surface area contributed by atoms with Gasteiger partial charge in [0.05, 0.1) is 10.0 Å². The van der Waals surface area contributed by atoms with Crippen LogP contribution < -0.4 is 5.32 Å². The number of rotatable bonds is 2. The van der Waals surface area contributed by atoms with E-state index in [9.17, 15) is 9.18 Å². The summed E-state index contributed by atoms with van der Waals surface area (Å²) in [6.45, 7) is 5.43. The van der Waals surface area contributed by atoms with E-state index in [0.29, 0.717) is 4.47 Å². The number of alkyl carbamates (subject to hydrolysis) is 1. The van der Waals surface area contributed by atoms with Crippen LogP contribution >= 0.6 is 15.9 Å². The number of hydrogen-bond donors (Lipinski definition) is 1. The molecule has 1 aromatic rings. The molecule has 1 amide bonds. The fourth-order valence-corrected chi connectivity index (χ4v) is 2.15. The summed E-state index contributed by atoms with van der Waals surface area (Å²) in [5.41, 5.74) is -0.228. The van der Waals surface area contributed by atoms with Crippen LogP contribution in [0.5, 0.6) is 0 Å². The van der Waals surface area contributed by atoms with Crippen LogP contribution in [-0.4, -0.2) is 11.7 Å². The van der Waals surface area contributed by atoms with E-state index in [0.717, 1.165) is 18.4 Å². The predicted octanol–water partition coefficient (Wildman–Crippen LogP) is 4.10. The van der Waals surface area contributed by atoms with Crippen molar-refractivity contribution in [2.24, 2.45) is 0 Å². The van der Waals surface area contributed by atoms with Crippen molar-refractivity contribution in [3.05, 3.63) is 34.1 Å². The average Bonchev–Trinajstić information content (AvgIpc) is 3.00. The molecule has 0 atom stereocenters. The van der Waals surface area contributed by atoms with Crippen molar-refractivity contribution < 1.29 is 13.9 Å². The summed E-state index contributed by atoms with van der Waals surface area (Å²) in [5.74, 6) is -0.324. The molecule has 0 aromatic heterocycles. The van der Waals surface area contributed by atoms with Gasteiger partial charge in [0.1, 0.15) is 11.4 Å². The first-order chi connectivity index (χ1) is 8.72. The van der Waals surface area contributed by atoms with Gasteiger partial charge in [-0.25, -0.2) is 9.18 Å². The summed E-state index contributed by atoms with van der Waals surface area (Å²) in [6.07, 6.45) is 1.13. The second kappa shape index (κ2) is 4.78. The SMILES string of the molecule is CC(C)(C)OC(=O)NC1(c2ccc(Br)c(F)c2)CC1. The quantitative estimate of drug-likeness (QED) is 0.886. The molecule has 0 aliphatic heterocycles. The van der Waals surface area contributed by atoms with Gasteiger partial charge in [0.25, 0.3) is 0 Å². The van der Waals surface area contributed by atoms with Crippen LogP contribution in [0.3, 0.4) is 0 Å². The van der Waals surface area contributed by atoms with Gasteiger partial charge in [0.2, 0.25) is 0 Å². The van der Waals surface area contributed by atoms with Crippen molar-refractivity contribution in [2.45, 2.75) is 44.8 Å². The van der Waals surface area contributed by atoms with Gasteiger partial charge in [-0.05, 0) is 67.2 Å². The molecule has 5 heteroatoms. The number of carbonyl (C=O) groups is 1. The first-order valence-corrected chi connectivity index (χ1v) is 6.98. The topological polar surface area (TPSA) is 38.3 Å². The Labute approximate surface area is 120 Å². The van der Waals surface area contributed by atoms with E-state index < -0.39 is 17.2 Å². The fourth-order valence-electron chi connectivity index (χ4n) is 1.90. The van der Waals surface area contributed by atoms with Gasteiger partial charge in [-0.2, -0.15) is 0 Å². The number of carbonyl (C=O) groups excluding carboxylic acids is 1. The highest BCUT2D eigenvalue weighted by Crippen LogP contribution is 2.46. The molecule has 104 valence electrons. The maximum absolute atomic E-state index is 13.6. The average molecular weight is 330 g/mol. The Morgan fingerprint density at radius 2 is 2.05 bits per heavy atom. The van der Waals surface area contributed by atoms with Gasteiger partial charge < -0.3 is 10.1 Å². The van der Waals surface area contributed by atoms with Crippen LogP contribution in [0.25, 0.3) is 0 Å². The molecular formula is C14H17BrFNO2. The number of benzene rings is 1. The molecule has 1 aromatic carbocycles. The monoisotopic (exact) mass is 329 g/mol. The van der Waals surface area contributed by atoms with Crippen molar-refractivity contribution in [3.8, 4) is 0 Å². The van der Waals surface area contributed by atoms with Gasteiger partial charge in [-0.15, -0.1) is 0 Å². The minimum Gasteiger partial charge on any atom is -0.444 e. The van der Waals surface area contributed by atoms with Crippen molar-refractivity contribution in [1.29, 1.82) is 0 Å². The highest BCUT2D eigenvalue weighted by molar-refractivity contribution is 9.10. The first kappa shape index (κ1) is 14.3. The third-order valence-corrected chi connectivity index (χ3v) is 3.61. The maximum Gasteiger partial charge on any atom is 0.408 e. The van der Waals surface area contributed by atoms with Crippen LogP contribution in [0.4, 0.5) is 9.18 Å². The standard InChI is InChI=1S/C14H17BrFNO2/c1-13(2,3)19-12(18)17-14(6-7-14)9-4-5-10(15)11(16)8-9/h4-5,8H,6-7H2,1-3H3,(H,17,18). The first-order valence-electron chi connectivity index (χ1n) is 6.19. The third-order valence-electron chi connectivity index (χ3n) is 2.96. The van der Waals surface area contributed by atoms with Crippen LogP contribution in [0.1, 0.15) is 39.2 Å². The molecule has 2 rings (SSSR count). The van der Waals surface area contributed by atoms with Gasteiger partial charge in [0, 0.05) is 0 Å². The molecule has 0 heterocycles. The van der Waals surface area contributed by atoms with Crippen molar-refractivity contribution in [1.82, 2.24) is 5.32 Å². The Hall–Kier alpha value is -1.10. The van der Waals surface area contributed by atoms with E-state index in [1.807, 2.05) is 26.8 Å². The lowest BCUT2D eigenvalue weighted by molar-refractivity contribution is 0.0495. The predicted molar refractivity (Wildman–Crippen MR) is 74.4 cm³/mol. The van der Waals surface area contributed by atoms with E-state index >= 15 is 0 Å². The molecule has 19 heavy (non-hydrogen) atoms. The molecule has 0 saturated heterocycles. The summed E-state index contributed by atoms with van der Waals surface area (Å²) in [7, 11) is 0. The van der Waals surface area contributed by atoms with Crippen LogP contribution in [-0.2, 0) is 10.3 Å². The molecule has 0 radical (unpaired) electrons. The highest BCUT2D eigenvalue weighted by atomic mass is 79.9. The van der Waals surface area contributed by atoms with E-state index in [4.69, 9.17) is 4.74 Å². The second-order valence-electron chi connectivity index (χ2n) is 5.84. The Morgan fingerprint density at radius 3 is 2.53 bits per heavy atom. The maximum atomic E-state index is 13.6. The summed E-state index contributed by atoms with van der Waals surface area (Å²) in [5, 5.41) is 2.84. The van der Waals surface area contributed by atoms with Crippen LogP contribution in [0.15, 0.2) is 22.7 Å². The third kappa shape index (κ3) is 3.47. The molecule has 0 unspecified atom stereocenters.